The highest BCUT2D eigenvalue weighted by Crippen LogP contribution is 2.25. The molecular formula is C15H26N2O2S. The van der Waals surface area contributed by atoms with Gasteiger partial charge in [-0.25, -0.2) is 4.98 Å². The number of hydrogen-bond donors (Lipinski definition) is 2. The topological polar surface area (TPSA) is 54.4 Å². The summed E-state index contributed by atoms with van der Waals surface area (Å²) in [5.41, 5.74) is 1.04. The first-order chi connectivity index (χ1) is 9.63. The molecule has 0 saturated heterocycles. The van der Waals surface area contributed by atoms with Crippen molar-refractivity contribution in [2.24, 2.45) is 5.92 Å². The average Bonchev–Trinajstić information content (AvgIpc) is 2.84. The van der Waals surface area contributed by atoms with E-state index in [2.05, 4.69) is 22.6 Å². The summed E-state index contributed by atoms with van der Waals surface area (Å²) in [5, 5.41) is 16.3. The van der Waals surface area contributed by atoms with E-state index in [0.717, 1.165) is 29.5 Å². The lowest BCUT2D eigenvalue weighted by atomic mass is 9.89. The Bertz CT molecular complexity index is 389. The molecule has 2 rings (SSSR count). The van der Waals surface area contributed by atoms with Gasteiger partial charge in [0.05, 0.1) is 29.5 Å². The molecule has 1 heterocycles. The Morgan fingerprint density at radius 3 is 2.85 bits per heavy atom. The number of aliphatic hydroxyl groups is 1. The number of thiazole rings is 1. The van der Waals surface area contributed by atoms with Gasteiger partial charge in [0.15, 0.2) is 0 Å². The fourth-order valence-corrected chi connectivity index (χ4v) is 3.17. The molecule has 5 heteroatoms. The van der Waals surface area contributed by atoms with E-state index in [1.165, 1.54) is 12.8 Å². The van der Waals surface area contributed by atoms with Crippen molar-refractivity contribution in [2.75, 3.05) is 13.2 Å². The molecule has 0 spiro atoms. The van der Waals surface area contributed by atoms with Crippen LogP contribution in [0.3, 0.4) is 0 Å². The van der Waals surface area contributed by atoms with Gasteiger partial charge in [-0.05, 0) is 38.5 Å². The van der Waals surface area contributed by atoms with Crippen LogP contribution in [0, 0.1) is 12.8 Å². The number of ether oxygens (including phenoxy) is 1. The third kappa shape index (κ3) is 5.48. The van der Waals surface area contributed by atoms with Crippen LogP contribution < -0.4 is 5.32 Å². The van der Waals surface area contributed by atoms with Crippen LogP contribution in [-0.2, 0) is 11.3 Å². The minimum atomic E-state index is -0.436. The predicted molar refractivity (Wildman–Crippen MR) is 81.9 cm³/mol. The zero-order valence-corrected chi connectivity index (χ0v) is 13.3. The molecule has 1 aliphatic carbocycles. The van der Waals surface area contributed by atoms with Crippen LogP contribution in [0.4, 0.5) is 0 Å². The van der Waals surface area contributed by atoms with E-state index in [9.17, 15) is 5.11 Å². The van der Waals surface area contributed by atoms with Crippen molar-refractivity contribution in [3.8, 4) is 0 Å². The second-order valence-electron chi connectivity index (χ2n) is 5.86. The van der Waals surface area contributed by atoms with E-state index in [1.54, 1.807) is 11.3 Å². The summed E-state index contributed by atoms with van der Waals surface area (Å²) in [7, 11) is 0. The maximum Gasteiger partial charge on any atom is 0.0897 e. The summed E-state index contributed by atoms with van der Waals surface area (Å²) < 4.78 is 5.80. The quantitative estimate of drug-likeness (QED) is 0.812. The van der Waals surface area contributed by atoms with E-state index >= 15 is 0 Å². The molecule has 4 nitrogen and oxygen atoms in total. The first-order valence-corrected chi connectivity index (χ1v) is 8.43. The van der Waals surface area contributed by atoms with Gasteiger partial charge in [0.25, 0.3) is 0 Å². The highest BCUT2D eigenvalue weighted by atomic mass is 32.1. The van der Waals surface area contributed by atoms with E-state index < -0.39 is 6.10 Å². The lowest BCUT2D eigenvalue weighted by Crippen LogP contribution is -2.32. The zero-order chi connectivity index (χ0) is 14.4. The maximum absolute atomic E-state index is 9.91. The van der Waals surface area contributed by atoms with Gasteiger partial charge in [0.1, 0.15) is 0 Å². The number of aryl methyl sites for hydroxylation is 1. The van der Waals surface area contributed by atoms with Crippen LogP contribution >= 0.6 is 11.3 Å². The van der Waals surface area contributed by atoms with Gasteiger partial charge in [0.2, 0.25) is 0 Å². The third-order valence-electron chi connectivity index (χ3n) is 3.84. The summed E-state index contributed by atoms with van der Waals surface area (Å²) in [5.74, 6) is 0.836. The van der Waals surface area contributed by atoms with E-state index in [0.29, 0.717) is 25.8 Å². The molecule has 1 aromatic heterocycles. The van der Waals surface area contributed by atoms with Crippen molar-refractivity contribution in [2.45, 2.75) is 58.3 Å². The highest BCUT2D eigenvalue weighted by molar-refractivity contribution is 7.09. The van der Waals surface area contributed by atoms with Gasteiger partial charge in [-0.2, -0.15) is 0 Å². The largest absolute Gasteiger partial charge is 0.389 e. The normalized spacial score (nSPS) is 24.8. The second-order valence-corrected chi connectivity index (χ2v) is 6.92. The molecule has 114 valence electrons. The molecule has 0 bridgehead atoms. The molecule has 20 heavy (non-hydrogen) atoms. The zero-order valence-electron chi connectivity index (χ0n) is 12.5. The summed E-state index contributed by atoms with van der Waals surface area (Å²) >= 11 is 1.65. The Hall–Kier alpha value is -0.490. The number of hydrogen-bond acceptors (Lipinski definition) is 5. The minimum absolute atomic E-state index is 0.349. The van der Waals surface area contributed by atoms with Crippen molar-refractivity contribution in [3.05, 3.63) is 16.1 Å². The van der Waals surface area contributed by atoms with Crippen molar-refractivity contribution in [3.63, 3.8) is 0 Å². The fourth-order valence-electron chi connectivity index (χ4n) is 2.56. The first-order valence-electron chi connectivity index (χ1n) is 7.55. The summed E-state index contributed by atoms with van der Waals surface area (Å²) in [6, 6.07) is 0. The van der Waals surface area contributed by atoms with Crippen molar-refractivity contribution >= 4 is 11.3 Å². The lowest BCUT2D eigenvalue weighted by molar-refractivity contribution is -0.0278. The van der Waals surface area contributed by atoms with E-state index in [4.69, 9.17) is 4.74 Å². The molecule has 0 radical (unpaired) electrons. The second kappa shape index (κ2) is 8.08. The number of aliphatic hydroxyl groups excluding tert-OH is 1. The van der Waals surface area contributed by atoms with Crippen LogP contribution in [0.15, 0.2) is 5.38 Å². The van der Waals surface area contributed by atoms with Gasteiger partial charge in [0, 0.05) is 18.5 Å². The summed E-state index contributed by atoms with van der Waals surface area (Å²) in [4.78, 5) is 4.38. The summed E-state index contributed by atoms with van der Waals surface area (Å²) in [6.07, 6.45) is 4.69. The molecule has 0 amide bonds. The molecular weight excluding hydrogens is 272 g/mol. The molecule has 1 atom stereocenters. The standard InChI is InChI=1S/C15H26N2O2S/c1-11-3-5-15(6-4-11)19-9-14(18)8-16-7-13-10-20-12(2)17-13/h10-11,14-16,18H,3-9H2,1-2H3. The molecule has 1 aliphatic rings. The Morgan fingerprint density at radius 1 is 1.45 bits per heavy atom. The van der Waals surface area contributed by atoms with Gasteiger partial charge in [-0.15, -0.1) is 11.3 Å². The number of aromatic nitrogens is 1. The van der Waals surface area contributed by atoms with Gasteiger partial charge in [-0.3, -0.25) is 0 Å². The molecule has 0 aromatic carbocycles. The SMILES string of the molecule is Cc1nc(CNCC(O)COC2CCC(C)CC2)cs1. The van der Waals surface area contributed by atoms with Crippen LogP contribution in [0.25, 0.3) is 0 Å². The lowest BCUT2D eigenvalue weighted by Gasteiger charge is -2.27. The fraction of sp³-hybridized carbons (Fsp3) is 0.800. The Balaban J connectivity index is 1.55. The highest BCUT2D eigenvalue weighted by Gasteiger charge is 2.19. The molecule has 1 unspecified atom stereocenters. The molecule has 1 aromatic rings. The van der Waals surface area contributed by atoms with Crippen LogP contribution in [0.5, 0.6) is 0 Å². The third-order valence-corrected chi connectivity index (χ3v) is 4.66. The van der Waals surface area contributed by atoms with Crippen molar-refractivity contribution in [1.82, 2.24) is 10.3 Å². The Kier molecular flexibility index (Phi) is 6.42. The van der Waals surface area contributed by atoms with Gasteiger partial charge < -0.3 is 15.2 Å². The van der Waals surface area contributed by atoms with Crippen LogP contribution in [0.1, 0.15) is 43.3 Å². The van der Waals surface area contributed by atoms with E-state index in [1.807, 2.05) is 6.92 Å². The van der Waals surface area contributed by atoms with Crippen LogP contribution in [0.2, 0.25) is 0 Å². The predicted octanol–water partition coefficient (Wildman–Crippen LogP) is 2.50. The number of nitrogens with one attached hydrogen (secondary N) is 1. The smallest absolute Gasteiger partial charge is 0.0897 e. The number of nitrogens with zero attached hydrogens (tertiary/aromatic N) is 1. The molecule has 0 aliphatic heterocycles. The first kappa shape index (κ1) is 15.9. The molecule has 1 fully saturated rings. The Morgan fingerprint density at radius 2 is 2.20 bits per heavy atom. The van der Waals surface area contributed by atoms with Gasteiger partial charge >= 0.3 is 0 Å². The monoisotopic (exact) mass is 298 g/mol. The van der Waals surface area contributed by atoms with E-state index in [-0.39, 0.29) is 0 Å². The Labute approximate surface area is 125 Å². The van der Waals surface area contributed by atoms with Crippen LogP contribution in [-0.4, -0.2) is 35.5 Å². The van der Waals surface area contributed by atoms with Crippen molar-refractivity contribution in [1.29, 1.82) is 0 Å². The number of rotatable bonds is 7. The summed E-state index contributed by atoms with van der Waals surface area (Å²) in [6.45, 7) is 6.00. The molecule has 2 N–H and O–H groups in total. The van der Waals surface area contributed by atoms with Crippen molar-refractivity contribution < 1.29 is 9.84 Å². The maximum atomic E-state index is 9.91. The van der Waals surface area contributed by atoms with Gasteiger partial charge in [-0.1, -0.05) is 6.92 Å². The average molecular weight is 298 g/mol. The minimum Gasteiger partial charge on any atom is -0.389 e. The molecule has 1 saturated carbocycles.